The third kappa shape index (κ3) is 3.61. The molecule has 0 aliphatic rings. The molecular formula is C18H17N3O3S. The van der Waals surface area contributed by atoms with Gasteiger partial charge in [-0.25, -0.2) is 4.98 Å². The molecule has 0 saturated carbocycles. The lowest BCUT2D eigenvalue weighted by atomic mass is 10.1. The van der Waals surface area contributed by atoms with Gasteiger partial charge in [-0.15, -0.1) is 11.3 Å². The number of hydrogen-bond donors (Lipinski definition) is 0. The third-order valence-electron chi connectivity index (χ3n) is 3.71. The highest BCUT2D eigenvalue weighted by Crippen LogP contribution is 2.30. The fourth-order valence-corrected chi connectivity index (χ4v) is 3.36. The Hall–Kier alpha value is -2.93. The summed E-state index contributed by atoms with van der Waals surface area (Å²) in [6.45, 7) is 0. The van der Waals surface area contributed by atoms with Gasteiger partial charge in [0.25, 0.3) is 5.69 Å². The smallest absolute Gasteiger partial charge is 0.293 e. The van der Waals surface area contributed by atoms with Crippen molar-refractivity contribution in [3.8, 4) is 5.75 Å². The van der Waals surface area contributed by atoms with E-state index in [1.54, 1.807) is 49.6 Å². The molecule has 0 radical (unpaired) electrons. The average Bonchev–Trinajstić information content (AvgIpc) is 3.01. The van der Waals surface area contributed by atoms with E-state index in [2.05, 4.69) is 4.98 Å². The highest BCUT2D eigenvalue weighted by molar-refractivity contribution is 7.19. The number of nitro benzene ring substituents is 1. The fourth-order valence-electron chi connectivity index (χ4n) is 2.46. The van der Waals surface area contributed by atoms with Crippen molar-refractivity contribution in [2.75, 3.05) is 26.1 Å². The van der Waals surface area contributed by atoms with Gasteiger partial charge in [0.1, 0.15) is 16.4 Å². The van der Waals surface area contributed by atoms with E-state index in [0.717, 1.165) is 26.5 Å². The van der Waals surface area contributed by atoms with E-state index < -0.39 is 0 Å². The summed E-state index contributed by atoms with van der Waals surface area (Å²) in [4.78, 5) is 17.2. The fraction of sp³-hybridized carbons (Fsp3) is 0.167. The molecule has 128 valence electrons. The first kappa shape index (κ1) is 16.9. The van der Waals surface area contributed by atoms with Crippen LogP contribution in [0, 0.1) is 10.1 Å². The molecule has 2 aromatic carbocycles. The summed E-state index contributed by atoms with van der Waals surface area (Å²) in [6.07, 6.45) is 3.70. The number of nitrogens with zero attached hydrogens (tertiary/aromatic N) is 3. The number of benzene rings is 2. The summed E-state index contributed by atoms with van der Waals surface area (Å²) in [5, 5.41) is 12.1. The zero-order chi connectivity index (χ0) is 18.0. The topological polar surface area (TPSA) is 68.5 Å². The van der Waals surface area contributed by atoms with Gasteiger partial charge < -0.3 is 9.64 Å². The number of hydrogen-bond acceptors (Lipinski definition) is 6. The van der Waals surface area contributed by atoms with Gasteiger partial charge in [0.2, 0.25) is 0 Å². The number of fused-ring (bicyclic) bond motifs is 1. The molecule has 7 heteroatoms. The molecule has 0 saturated heterocycles. The quantitative estimate of drug-likeness (QED) is 0.499. The van der Waals surface area contributed by atoms with Crippen LogP contribution in [0.2, 0.25) is 0 Å². The molecule has 1 aromatic heterocycles. The van der Waals surface area contributed by atoms with Gasteiger partial charge in [-0.2, -0.15) is 0 Å². The Morgan fingerprint density at radius 2 is 2.00 bits per heavy atom. The normalized spacial score (nSPS) is 11.2. The van der Waals surface area contributed by atoms with Crippen LogP contribution in [-0.4, -0.2) is 31.1 Å². The first-order valence-corrected chi connectivity index (χ1v) is 8.38. The summed E-state index contributed by atoms with van der Waals surface area (Å²) in [5.74, 6) is 0.793. The minimum absolute atomic E-state index is 0.0844. The lowest BCUT2D eigenvalue weighted by Gasteiger charge is -2.12. The molecule has 1 heterocycles. The van der Waals surface area contributed by atoms with Crippen molar-refractivity contribution in [1.82, 2.24) is 4.98 Å². The van der Waals surface area contributed by atoms with Crippen LogP contribution in [0.5, 0.6) is 5.75 Å². The molecule has 25 heavy (non-hydrogen) atoms. The second-order valence-corrected chi connectivity index (χ2v) is 6.68. The molecular weight excluding hydrogens is 338 g/mol. The average molecular weight is 355 g/mol. The Bertz CT molecular complexity index is 963. The number of ether oxygens (including phenoxy) is 1. The number of thiazole rings is 1. The van der Waals surface area contributed by atoms with Crippen LogP contribution in [0.4, 0.5) is 11.4 Å². The van der Waals surface area contributed by atoms with Crippen molar-refractivity contribution in [3.63, 3.8) is 0 Å². The third-order valence-corrected chi connectivity index (χ3v) is 4.69. The van der Waals surface area contributed by atoms with E-state index in [1.165, 1.54) is 0 Å². The van der Waals surface area contributed by atoms with Crippen molar-refractivity contribution < 1.29 is 9.66 Å². The van der Waals surface area contributed by atoms with Crippen molar-refractivity contribution >= 4 is 45.1 Å². The maximum atomic E-state index is 11.3. The van der Waals surface area contributed by atoms with Crippen LogP contribution in [0.1, 0.15) is 10.6 Å². The molecule has 0 unspecified atom stereocenters. The predicted octanol–water partition coefficient (Wildman–Crippen LogP) is 4.45. The van der Waals surface area contributed by atoms with Gasteiger partial charge >= 0.3 is 0 Å². The summed E-state index contributed by atoms with van der Waals surface area (Å²) >= 11 is 1.54. The lowest BCUT2D eigenvalue weighted by molar-refractivity contribution is -0.384. The SMILES string of the molecule is COc1ccc2nc(/C=C/c3ccc(N(C)C)c([N+](=O)[O-])c3)sc2c1. The zero-order valence-corrected chi connectivity index (χ0v) is 14.9. The van der Waals surface area contributed by atoms with E-state index in [4.69, 9.17) is 4.74 Å². The van der Waals surface area contributed by atoms with Gasteiger partial charge in [0, 0.05) is 20.2 Å². The highest BCUT2D eigenvalue weighted by Gasteiger charge is 2.15. The standard InChI is InChI=1S/C18H17N3O3S/c1-20(2)15-8-4-12(10-16(15)21(22)23)5-9-18-19-14-7-6-13(24-3)11-17(14)25-18/h4-11H,1-3H3/b9-5+. The largest absolute Gasteiger partial charge is 0.497 e. The van der Waals surface area contributed by atoms with Crippen LogP contribution in [-0.2, 0) is 0 Å². The summed E-state index contributed by atoms with van der Waals surface area (Å²) in [7, 11) is 5.20. The van der Waals surface area contributed by atoms with Crippen LogP contribution >= 0.6 is 11.3 Å². The zero-order valence-electron chi connectivity index (χ0n) is 14.1. The van der Waals surface area contributed by atoms with Crippen LogP contribution < -0.4 is 9.64 Å². The number of methoxy groups -OCH3 is 1. The summed E-state index contributed by atoms with van der Waals surface area (Å²) < 4.78 is 6.26. The van der Waals surface area contributed by atoms with Gasteiger partial charge in [0.05, 0.1) is 22.2 Å². The molecule has 0 atom stereocenters. The van der Waals surface area contributed by atoms with Gasteiger partial charge in [0.15, 0.2) is 0 Å². The summed E-state index contributed by atoms with van der Waals surface area (Å²) in [6, 6.07) is 10.9. The van der Waals surface area contributed by atoms with E-state index in [9.17, 15) is 10.1 Å². The first-order chi connectivity index (χ1) is 12.0. The number of nitro groups is 1. The van der Waals surface area contributed by atoms with Crippen molar-refractivity contribution in [1.29, 1.82) is 0 Å². The highest BCUT2D eigenvalue weighted by atomic mass is 32.1. The second kappa shape index (κ2) is 6.90. The molecule has 0 spiro atoms. The van der Waals surface area contributed by atoms with Crippen molar-refractivity contribution in [2.45, 2.75) is 0 Å². The van der Waals surface area contributed by atoms with Gasteiger partial charge in [-0.1, -0.05) is 12.1 Å². The van der Waals surface area contributed by atoms with E-state index >= 15 is 0 Å². The molecule has 0 fully saturated rings. The minimum Gasteiger partial charge on any atom is -0.497 e. The Labute approximate surface area is 149 Å². The second-order valence-electron chi connectivity index (χ2n) is 5.62. The van der Waals surface area contributed by atoms with E-state index in [-0.39, 0.29) is 10.6 Å². The van der Waals surface area contributed by atoms with Crippen LogP contribution in [0.25, 0.3) is 22.4 Å². The Morgan fingerprint density at radius 1 is 1.20 bits per heavy atom. The maximum Gasteiger partial charge on any atom is 0.293 e. The van der Waals surface area contributed by atoms with E-state index in [1.807, 2.05) is 36.4 Å². The number of aromatic nitrogens is 1. The van der Waals surface area contributed by atoms with Gasteiger partial charge in [-0.3, -0.25) is 10.1 Å². The van der Waals surface area contributed by atoms with Crippen molar-refractivity contribution in [3.05, 3.63) is 57.1 Å². The molecule has 0 aliphatic heterocycles. The Kier molecular flexibility index (Phi) is 4.67. The molecule has 0 N–H and O–H groups in total. The summed E-state index contributed by atoms with van der Waals surface area (Å²) in [5.41, 5.74) is 2.32. The van der Waals surface area contributed by atoms with Crippen LogP contribution in [0.3, 0.4) is 0 Å². The maximum absolute atomic E-state index is 11.3. The number of anilines is 1. The molecule has 3 aromatic rings. The predicted molar refractivity (Wildman–Crippen MR) is 103 cm³/mol. The number of rotatable bonds is 5. The van der Waals surface area contributed by atoms with Crippen LogP contribution in [0.15, 0.2) is 36.4 Å². The first-order valence-electron chi connectivity index (χ1n) is 7.56. The minimum atomic E-state index is -0.364. The molecule has 0 bridgehead atoms. The van der Waals surface area contributed by atoms with E-state index in [0.29, 0.717) is 5.69 Å². The Morgan fingerprint density at radius 3 is 2.68 bits per heavy atom. The monoisotopic (exact) mass is 355 g/mol. The molecule has 0 amide bonds. The molecule has 6 nitrogen and oxygen atoms in total. The lowest BCUT2D eigenvalue weighted by Crippen LogP contribution is -2.10. The molecule has 0 aliphatic carbocycles. The van der Waals surface area contributed by atoms with Crippen molar-refractivity contribution in [2.24, 2.45) is 0 Å². The Balaban J connectivity index is 1.91. The molecule has 3 rings (SSSR count). The van der Waals surface area contributed by atoms with Gasteiger partial charge in [-0.05, 0) is 35.9 Å².